The molecule has 0 aromatic heterocycles. The van der Waals surface area contributed by atoms with E-state index in [9.17, 15) is 9.59 Å². The molecule has 1 aliphatic heterocycles. The lowest BCUT2D eigenvalue weighted by Gasteiger charge is -2.15. The molecule has 0 radical (unpaired) electrons. The van der Waals surface area contributed by atoms with Crippen LogP contribution < -0.4 is 10.1 Å². The topological polar surface area (TPSA) is 58.6 Å². The molecule has 1 fully saturated rings. The summed E-state index contributed by atoms with van der Waals surface area (Å²) in [6.07, 6.45) is 2.50. The molecule has 1 aliphatic rings. The molecule has 2 amide bonds. The van der Waals surface area contributed by atoms with Crippen molar-refractivity contribution in [3.05, 3.63) is 65.7 Å². The van der Waals surface area contributed by atoms with Crippen molar-refractivity contribution in [2.24, 2.45) is 0 Å². The van der Waals surface area contributed by atoms with Crippen LogP contribution in [-0.4, -0.2) is 36.3 Å². The Balaban J connectivity index is 1.47. The molecule has 0 unspecified atom stereocenters. The van der Waals surface area contributed by atoms with Gasteiger partial charge >= 0.3 is 0 Å². The van der Waals surface area contributed by atoms with Gasteiger partial charge in [-0.3, -0.25) is 9.59 Å². The molecule has 1 saturated heterocycles. The van der Waals surface area contributed by atoms with Crippen molar-refractivity contribution in [1.82, 2.24) is 10.2 Å². The number of hydrogen-bond donors (Lipinski definition) is 1. The lowest BCUT2D eigenvalue weighted by Crippen LogP contribution is -2.32. The van der Waals surface area contributed by atoms with Gasteiger partial charge in [0.15, 0.2) is 0 Å². The lowest BCUT2D eigenvalue weighted by molar-refractivity contribution is -0.129. The molecular weight excluding hydrogens is 328 g/mol. The zero-order valence-corrected chi connectivity index (χ0v) is 14.8. The number of benzene rings is 2. The number of nitrogens with one attached hydrogen (secondary N) is 1. The monoisotopic (exact) mass is 352 g/mol. The van der Waals surface area contributed by atoms with Gasteiger partial charge in [-0.1, -0.05) is 36.4 Å². The Bertz CT molecular complexity index is 740. The summed E-state index contributed by atoms with van der Waals surface area (Å²) in [6, 6.07) is 17.0. The van der Waals surface area contributed by atoms with Crippen molar-refractivity contribution >= 4 is 11.8 Å². The van der Waals surface area contributed by atoms with Gasteiger partial charge < -0.3 is 15.0 Å². The molecule has 5 nitrogen and oxygen atoms in total. The first kappa shape index (κ1) is 18.0. The normalized spacial score (nSPS) is 13.5. The number of amides is 2. The summed E-state index contributed by atoms with van der Waals surface area (Å²) in [4.78, 5) is 26.1. The molecule has 0 atom stereocenters. The number of likely N-dealkylation sites (tertiary alicyclic amines) is 1. The molecule has 3 rings (SSSR count). The van der Waals surface area contributed by atoms with Gasteiger partial charge in [0.1, 0.15) is 12.4 Å². The van der Waals surface area contributed by atoms with E-state index in [2.05, 4.69) is 5.32 Å². The van der Waals surface area contributed by atoms with Crippen LogP contribution in [-0.2, 0) is 11.4 Å². The smallest absolute Gasteiger partial charge is 0.251 e. The van der Waals surface area contributed by atoms with E-state index in [1.165, 1.54) is 0 Å². The van der Waals surface area contributed by atoms with E-state index in [4.69, 9.17) is 4.74 Å². The Morgan fingerprint density at radius 1 is 1.00 bits per heavy atom. The maximum Gasteiger partial charge on any atom is 0.251 e. The fraction of sp³-hybridized carbons (Fsp3) is 0.333. The molecule has 0 aliphatic carbocycles. The fourth-order valence-electron chi connectivity index (χ4n) is 2.98. The Labute approximate surface area is 154 Å². The molecule has 5 heteroatoms. The molecule has 2 aromatic carbocycles. The Morgan fingerprint density at radius 2 is 1.77 bits per heavy atom. The first-order valence-corrected chi connectivity index (χ1v) is 9.05. The third-order valence-corrected chi connectivity index (χ3v) is 4.43. The zero-order valence-electron chi connectivity index (χ0n) is 14.8. The summed E-state index contributed by atoms with van der Waals surface area (Å²) in [5, 5.41) is 2.81. The van der Waals surface area contributed by atoms with Crippen LogP contribution >= 0.6 is 0 Å². The van der Waals surface area contributed by atoms with Crippen molar-refractivity contribution in [3.8, 4) is 5.75 Å². The lowest BCUT2D eigenvalue weighted by atomic mass is 10.2. The highest BCUT2D eigenvalue weighted by Gasteiger charge is 2.17. The third kappa shape index (κ3) is 5.09. The maximum atomic E-state index is 12.3. The second-order valence-electron chi connectivity index (χ2n) is 6.40. The minimum Gasteiger partial charge on any atom is -0.489 e. The molecule has 1 heterocycles. The summed E-state index contributed by atoms with van der Waals surface area (Å²) >= 11 is 0. The van der Waals surface area contributed by atoms with Crippen molar-refractivity contribution < 1.29 is 14.3 Å². The first-order chi connectivity index (χ1) is 12.7. The average molecular weight is 352 g/mol. The Hall–Kier alpha value is -2.82. The highest BCUT2D eigenvalue weighted by atomic mass is 16.5. The molecule has 1 N–H and O–H groups in total. The number of nitrogens with zero attached hydrogens (tertiary/aromatic N) is 1. The molecule has 2 aromatic rings. The van der Waals surface area contributed by atoms with Gasteiger partial charge in [-0.25, -0.2) is 0 Å². The highest BCUT2D eigenvalue weighted by Crippen LogP contribution is 2.15. The van der Waals surface area contributed by atoms with Crippen LogP contribution in [0.2, 0.25) is 0 Å². The van der Waals surface area contributed by atoms with Crippen molar-refractivity contribution in [3.63, 3.8) is 0 Å². The number of carbonyl (C=O) groups is 2. The van der Waals surface area contributed by atoms with Crippen LogP contribution in [0.4, 0.5) is 0 Å². The quantitative estimate of drug-likeness (QED) is 0.833. The minimum absolute atomic E-state index is 0.114. The van der Waals surface area contributed by atoms with E-state index < -0.39 is 0 Å². The molecule has 0 saturated carbocycles. The molecular formula is C21H24N2O3. The highest BCUT2D eigenvalue weighted by molar-refractivity contribution is 5.94. The van der Waals surface area contributed by atoms with Crippen LogP contribution in [0.15, 0.2) is 54.6 Å². The van der Waals surface area contributed by atoms with Crippen LogP contribution in [0.25, 0.3) is 0 Å². The second-order valence-corrected chi connectivity index (χ2v) is 6.40. The summed E-state index contributed by atoms with van der Waals surface area (Å²) in [6.45, 7) is 2.49. The maximum absolute atomic E-state index is 12.3. The zero-order chi connectivity index (χ0) is 18.2. The van der Waals surface area contributed by atoms with Crippen LogP contribution in [0.5, 0.6) is 5.75 Å². The van der Waals surface area contributed by atoms with Crippen LogP contribution in [0, 0.1) is 0 Å². The van der Waals surface area contributed by atoms with E-state index in [1.54, 1.807) is 18.2 Å². The predicted octanol–water partition coefficient (Wildman–Crippen LogP) is 3.01. The molecule has 26 heavy (non-hydrogen) atoms. The van der Waals surface area contributed by atoms with Crippen molar-refractivity contribution in [1.29, 1.82) is 0 Å². The summed E-state index contributed by atoms with van der Waals surface area (Å²) in [7, 11) is 0. The van der Waals surface area contributed by atoms with E-state index in [0.29, 0.717) is 30.9 Å². The van der Waals surface area contributed by atoms with E-state index >= 15 is 0 Å². The Morgan fingerprint density at radius 3 is 2.54 bits per heavy atom. The minimum atomic E-state index is -0.190. The van der Waals surface area contributed by atoms with Gasteiger partial charge in [0.05, 0.1) is 0 Å². The van der Waals surface area contributed by atoms with Crippen LogP contribution in [0.1, 0.15) is 35.2 Å². The van der Waals surface area contributed by atoms with Crippen molar-refractivity contribution in [2.45, 2.75) is 25.9 Å². The van der Waals surface area contributed by atoms with Gasteiger partial charge in [-0.2, -0.15) is 0 Å². The molecule has 0 bridgehead atoms. The molecule has 0 spiro atoms. The van der Waals surface area contributed by atoms with Crippen molar-refractivity contribution in [2.75, 3.05) is 19.6 Å². The largest absolute Gasteiger partial charge is 0.489 e. The average Bonchev–Trinajstić information content (AvgIpc) is 3.22. The van der Waals surface area contributed by atoms with Gasteiger partial charge in [-0.15, -0.1) is 0 Å². The fourth-order valence-corrected chi connectivity index (χ4v) is 2.98. The van der Waals surface area contributed by atoms with E-state index in [1.807, 2.05) is 41.3 Å². The Kier molecular flexibility index (Phi) is 6.25. The second kappa shape index (κ2) is 9.04. The van der Waals surface area contributed by atoms with Gasteiger partial charge in [0.2, 0.25) is 5.91 Å². The van der Waals surface area contributed by atoms with E-state index in [0.717, 1.165) is 31.5 Å². The standard InChI is InChI=1S/C21H24N2O3/c24-20(23-13-4-5-14-23)11-12-22-21(25)18-9-6-10-19(15-18)26-16-17-7-2-1-3-8-17/h1-3,6-10,15H,4-5,11-14,16H2,(H,22,25). The number of hydrogen-bond acceptors (Lipinski definition) is 3. The molecule has 136 valence electrons. The number of carbonyl (C=O) groups excluding carboxylic acids is 2. The van der Waals surface area contributed by atoms with Gasteiger partial charge in [0, 0.05) is 31.6 Å². The first-order valence-electron chi connectivity index (χ1n) is 9.05. The summed E-state index contributed by atoms with van der Waals surface area (Å²) in [5.74, 6) is 0.571. The van der Waals surface area contributed by atoms with Gasteiger partial charge in [-0.05, 0) is 36.6 Å². The third-order valence-electron chi connectivity index (χ3n) is 4.43. The van der Waals surface area contributed by atoms with Crippen LogP contribution in [0.3, 0.4) is 0 Å². The van der Waals surface area contributed by atoms with Gasteiger partial charge in [0.25, 0.3) is 5.91 Å². The number of ether oxygens (including phenoxy) is 1. The SMILES string of the molecule is O=C(NCCC(=O)N1CCCC1)c1cccc(OCc2ccccc2)c1. The summed E-state index contributed by atoms with van der Waals surface area (Å²) < 4.78 is 5.75. The number of rotatable bonds is 7. The van der Waals surface area contributed by atoms with E-state index in [-0.39, 0.29) is 11.8 Å². The predicted molar refractivity (Wildman–Crippen MR) is 100.0 cm³/mol. The summed E-state index contributed by atoms with van der Waals surface area (Å²) in [5.41, 5.74) is 1.60.